The Hall–Kier alpha value is -2.76. The van der Waals surface area contributed by atoms with Crippen LogP contribution in [0.25, 0.3) is 0 Å². The third kappa shape index (κ3) is 4.60. The van der Waals surface area contributed by atoms with Gasteiger partial charge in [-0.25, -0.2) is 9.38 Å². The van der Waals surface area contributed by atoms with Crippen LogP contribution in [-0.2, 0) is 13.1 Å². The third-order valence-corrected chi connectivity index (χ3v) is 3.30. The lowest BCUT2D eigenvalue weighted by Crippen LogP contribution is -2.31. The van der Waals surface area contributed by atoms with Gasteiger partial charge in [0, 0.05) is 12.1 Å². The highest BCUT2D eigenvalue weighted by atomic mass is 19.1. The summed E-state index contributed by atoms with van der Waals surface area (Å²) in [5.41, 5.74) is 7.27. The molecule has 0 aromatic heterocycles. The average molecular weight is 317 g/mol. The molecular weight excluding hydrogens is 297 g/mol. The van der Waals surface area contributed by atoms with Crippen molar-refractivity contribution in [2.45, 2.75) is 13.1 Å². The van der Waals surface area contributed by atoms with Crippen molar-refractivity contribution >= 4 is 5.96 Å². The van der Waals surface area contributed by atoms with Gasteiger partial charge in [0.25, 0.3) is 0 Å². The van der Waals surface area contributed by atoms with Crippen molar-refractivity contribution in [2.24, 2.45) is 10.7 Å². The first-order chi connectivity index (χ1) is 11.1. The molecule has 0 unspecified atom stereocenters. The number of halogens is 1. The Labute approximate surface area is 134 Å². The van der Waals surface area contributed by atoms with Gasteiger partial charge in [0.05, 0.1) is 20.8 Å². The highest BCUT2D eigenvalue weighted by molar-refractivity contribution is 5.77. The molecule has 2 rings (SSSR count). The predicted molar refractivity (Wildman–Crippen MR) is 88.1 cm³/mol. The maximum absolute atomic E-state index is 13.5. The van der Waals surface area contributed by atoms with Crippen molar-refractivity contribution in [3.05, 3.63) is 59.4 Å². The van der Waals surface area contributed by atoms with E-state index in [0.29, 0.717) is 23.6 Å². The fourth-order valence-electron chi connectivity index (χ4n) is 2.04. The summed E-state index contributed by atoms with van der Waals surface area (Å²) in [5, 5.41) is 2.89. The SMILES string of the molecule is COc1ccc(CN=C(N)NCc2ccccc2F)cc1OC. The van der Waals surface area contributed by atoms with Crippen molar-refractivity contribution in [3.8, 4) is 11.5 Å². The number of rotatable bonds is 6. The van der Waals surface area contributed by atoms with Crippen LogP contribution in [0.2, 0.25) is 0 Å². The number of ether oxygens (including phenoxy) is 2. The second-order valence-electron chi connectivity index (χ2n) is 4.84. The number of methoxy groups -OCH3 is 2. The summed E-state index contributed by atoms with van der Waals surface area (Å²) in [5.74, 6) is 1.28. The molecule has 0 radical (unpaired) electrons. The fourth-order valence-corrected chi connectivity index (χ4v) is 2.04. The molecule has 0 aliphatic rings. The molecule has 0 spiro atoms. The number of nitrogens with two attached hydrogens (primary N) is 1. The maximum Gasteiger partial charge on any atom is 0.189 e. The van der Waals surface area contributed by atoms with Crippen LogP contribution in [-0.4, -0.2) is 20.2 Å². The third-order valence-electron chi connectivity index (χ3n) is 3.30. The molecule has 6 heteroatoms. The number of guanidine groups is 1. The zero-order chi connectivity index (χ0) is 16.7. The van der Waals surface area contributed by atoms with Gasteiger partial charge in [-0.05, 0) is 23.8 Å². The summed E-state index contributed by atoms with van der Waals surface area (Å²) >= 11 is 0. The largest absolute Gasteiger partial charge is 0.493 e. The number of nitrogens with one attached hydrogen (secondary N) is 1. The number of benzene rings is 2. The molecular formula is C17H20FN3O2. The molecule has 0 atom stereocenters. The molecule has 0 bridgehead atoms. The molecule has 0 heterocycles. The first-order valence-corrected chi connectivity index (χ1v) is 7.12. The Morgan fingerprint density at radius 1 is 1.13 bits per heavy atom. The maximum atomic E-state index is 13.5. The predicted octanol–water partition coefficient (Wildman–Crippen LogP) is 2.45. The van der Waals surface area contributed by atoms with Crippen molar-refractivity contribution in [3.63, 3.8) is 0 Å². The standard InChI is InChI=1S/C17H20FN3O2/c1-22-15-8-7-12(9-16(15)23-2)10-20-17(19)21-11-13-5-3-4-6-14(13)18/h3-9H,10-11H2,1-2H3,(H3,19,20,21). The van der Waals surface area contributed by atoms with E-state index in [0.717, 1.165) is 5.56 Å². The van der Waals surface area contributed by atoms with E-state index in [9.17, 15) is 4.39 Å². The van der Waals surface area contributed by atoms with E-state index in [-0.39, 0.29) is 18.3 Å². The topological polar surface area (TPSA) is 68.9 Å². The normalized spacial score (nSPS) is 11.2. The van der Waals surface area contributed by atoms with Gasteiger partial charge in [0.2, 0.25) is 0 Å². The smallest absolute Gasteiger partial charge is 0.189 e. The van der Waals surface area contributed by atoms with Crippen LogP contribution < -0.4 is 20.5 Å². The minimum Gasteiger partial charge on any atom is -0.493 e. The first kappa shape index (κ1) is 16.6. The lowest BCUT2D eigenvalue weighted by Gasteiger charge is -2.09. The Bertz CT molecular complexity index is 689. The van der Waals surface area contributed by atoms with Crippen LogP contribution >= 0.6 is 0 Å². The van der Waals surface area contributed by atoms with Crippen molar-refractivity contribution in [1.29, 1.82) is 0 Å². The molecule has 0 fully saturated rings. The number of hydrogen-bond acceptors (Lipinski definition) is 3. The van der Waals surface area contributed by atoms with Gasteiger partial charge in [-0.2, -0.15) is 0 Å². The van der Waals surface area contributed by atoms with E-state index >= 15 is 0 Å². The summed E-state index contributed by atoms with van der Waals surface area (Å²) in [6.07, 6.45) is 0. The number of nitrogens with zero attached hydrogens (tertiary/aromatic N) is 1. The molecule has 0 aliphatic heterocycles. The van der Waals surface area contributed by atoms with Crippen molar-refractivity contribution in [1.82, 2.24) is 5.32 Å². The lowest BCUT2D eigenvalue weighted by atomic mass is 10.2. The van der Waals surface area contributed by atoms with Gasteiger partial charge in [0.1, 0.15) is 5.82 Å². The molecule has 2 aromatic rings. The average Bonchev–Trinajstić information content (AvgIpc) is 2.58. The Balaban J connectivity index is 1.95. The van der Waals surface area contributed by atoms with Crippen LogP contribution in [0, 0.1) is 5.82 Å². The Kier molecular flexibility index (Phi) is 5.80. The monoisotopic (exact) mass is 317 g/mol. The lowest BCUT2D eigenvalue weighted by molar-refractivity contribution is 0.354. The highest BCUT2D eigenvalue weighted by Gasteiger charge is 2.04. The number of hydrogen-bond donors (Lipinski definition) is 2. The molecule has 122 valence electrons. The van der Waals surface area contributed by atoms with Gasteiger partial charge >= 0.3 is 0 Å². The summed E-state index contributed by atoms with van der Waals surface area (Å²) in [6.45, 7) is 0.671. The quantitative estimate of drug-likeness (QED) is 0.634. The Morgan fingerprint density at radius 2 is 1.87 bits per heavy atom. The Morgan fingerprint density at radius 3 is 2.57 bits per heavy atom. The number of aliphatic imine (C=N–C) groups is 1. The summed E-state index contributed by atoms with van der Waals surface area (Å²) in [7, 11) is 3.16. The zero-order valence-corrected chi connectivity index (χ0v) is 13.2. The van der Waals surface area contributed by atoms with Crippen LogP contribution in [0.4, 0.5) is 4.39 Å². The van der Waals surface area contributed by atoms with Gasteiger partial charge in [-0.15, -0.1) is 0 Å². The van der Waals surface area contributed by atoms with E-state index in [1.165, 1.54) is 6.07 Å². The molecule has 2 aromatic carbocycles. The minimum absolute atomic E-state index is 0.253. The van der Waals surface area contributed by atoms with Gasteiger partial charge in [-0.3, -0.25) is 0 Å². The van der Waals surface area contributed by atoms with Gasteiger partial charge < -0.3 is 20.5 Å². The van der Waals surface area contributed by atoms with Crippen molar-refractivity contribution < 1.29 is 13.9 Å². The van der Waals surface area contributed by atoms with Crippen LogP contribution in [0.1, 0.15) is 11.1 Å². The molecule has 0 aliphatic carbocycles. The van der Waals surface area contributed by atoms with E-state index < -0.39 is 0 Å². The second kappa shape index (κ2) is 8.03. The molecule has 23 heavy (non-hydrogen) atoms. The molecule has 0 amide bonds. The minimum atomic E-state index is -0.271. The molecule has 0 saturated carbocycles. The van der Waals surface area contributed by atoms with Crippen LogP contribution in [0.15, 0.2) is 47.5 Å². The highest BCUT2D eigenvalue weighted by Crippen LogP contribution is 2.27. The van der Waals surface area contributed by atoms with Gasteiger partial charge in [-0.1, -0.05) is 24.3 Å². The fraction of sp³-hybridized carbons (Fsp3) is 0.235. The van der Waals surface area contributed by atoms with E-state index in [1.54, 1.807) is 32.4 Å². The van der Waals surface area contributed by atoms with Gasteiger partial charge in [0.15, 0.2) is 17.5 Å². The summed E-state index contributed by atoms with van der Waals surface area (Å²) in [6, 6.07) is 12.1. The first-order valence-electron chi connectivity index (χ1n) is 7.12. The van der Waals surface area contributed by atoms with E-state index in [2.05, 4.69) is 10.3 Å². The zero-order valence-electron chi connectivity index (χ0n) is 13.2. The second-order valence-corrected chi connectivity index (χ2v) is 4.84. The van der Waals surface area contributed by atoms with Crippen LogP contribution in [0.5, 0.6) is 11.5 Å². The molecule has 3 N–H and O–H groups in total. The van der Waals surface area contributed by atoms with E-state index in [4.69, 9.17) is 15.2 Å². The summed E-state index contributed by atoms with van der Waals surface area (Å²) < 4.78 is 23.9. The summed E-state index contributed by atoms with van der Waals surface area (Å²) in [4.78, 5) is 4.23. The van der Waals surface area contributed by atoms with Crippen molar-refractivity contribution in [2.75, 3.05) is 14.2 Å². The van der Waals surface area contributed by atoms with E-state index in [1.807, 2.05) is 18.2 Å². The molecule has 0 saturated heterocycles. The molecule has 5 nitrogen and oxygen atoms in total. The van der Waals surface area contributed by atoms with Crippen LogP contribution in [0.3, 0.4) is 0 Å².